The van der Waals surface area contributed by atoms with Crippen molar-refractivity contribution in [3.8, 4) is 23.0 Å². The van der Waals surface area contributed by atoms with Crippen molar-refractivity contribution in [2.24, 2.45) is 0 Å². The predicted molar refractivity (Wildman–Crippen MR) is 238 cm³/mol. The summed E-state index contributed by atoms with van der Waals surface area (Å²) in [5.41, 5.74) is 0.613. The van der Waals surface area contributed by atoms with Gasteiger partial charge in [0, 0.05) is 12.2 Å². The maximum atomic E-state index is 13.1. The van der Waals surface area contributed by atoms with Crippen molar-refractivity contribution in [2.45, 2.75) is 50.1 Å². The fourth-order valence-electron chi connectivity index (χ4n) is 6.44. The molecule has 0 amide bonds. The zero-order valence-corrected chi connectivity index (χ0v) is 37.4. The molecule has 2 saturated heterocycles. The first-order chi connectivity index (χ1) is 33.9. The van der Waals surface area contributed by atoms with Gasteiger partial charge in [-0.1, -0.05) is 13.2 Å². The summed E-state index contributed by atoms with van der Waals surface area (Å²) in [5, 5.41) is 0. The van der Waals surface area contributed by atoms with Crippen molar-refractivity contribution in [3.05, 3.63) is 145 Å². The van der Waals surface area contributed by atoms with Crippen LogP contribution in [0, 0.1) is 0 Å². The van der Waals surface area contributed by atoms with Crippen molar-refractivity contribution < 1.29 is 95.2 Å². The van der Waals surface area contributed by atoms with Crippen LogP contribution >= 0.6 is 0 Å². The predicted octanol–water partition coefficient (Wildman–Crippen LogP) is 6.72. The zero-order valence-electron chi connectivity index (χ0n) is 37.4. The van der Waals surface area contributed by atoms with E-state index in [0.717, 1.165) is 12.2 Å². The van der Waals surface area contributed by atoms with Crippen LogP contribution in [0.1, 0.15) is 67.1 Å². The van der Waals surface area contributed by atoms with Gasteiger partial charge in [-0.05, 0) is 123 Å². The molecule has 0 saturated carbocycles. The van der Waals surface area contributed by atoms with Gasteiger partial charge in [-0.3, -0.25) is 0 Å². The summed E-state index contributed by atoms with van der Waals surface area (Å²) in [7, 11) is 0. The molecule has 20 heteroatoms. The lowest BCUT2D eigenvalue weighted by molar-refractivity contribution is -0.138. The molecule has 6 rings (SSSR count). The summed E-state index contributed by atoms with van der Waals surface area (Å²) in [6.07, 6.45) is -0.999. The number of carbonyl (C=O) groups excluding carboxylic acids is 8. The quantitative estimate of drug-likeness (QED) is 0.0198. The Kier molecular flexibility index (Phi) is 18.7. The largest absolute Gasteiger partial charge is 0.513 e. The Morgan fingerprint density at radius 3 is 1.01 bits per heavy atom. The van der Waals surface area contributed by atoms with Crippen molar-refractivity contribution in [2.75, 3.05) is 39.6 Å². The van der Waals surface area contributed by atoms with Gasteiger partial charge in [0.25, 0.3) is 0 Å². The van der Waals surface area contributed by atoms with Crippen molar-refractivity contribution in [1.82, 2.24) is 0 Å². The molecule has 4 atom stereocenters. The third-order valence-electron chi connectivity index (χ3n) is 10.0. The Balaban J connectivity index is 0.876. The molecule has 4 aromatic carbocycles. The normalized spacial score (nSPS) is 16.5. The number of unbranched alkanes of at least 4 members (excludes halogenated alkanes) is 2. The molecule has 0 bridgehead atoms. The van der Waals surface area contributed by atoms with E-state index < -0.39 is 72.5 Å². The van der Waals surface area contributed by atoms with Gasteiger partial charge in [-0.2, -0.15) is 0 Å². The van der Waals surface area contributed by atoms with E-state index in [2.05, 4.69) is 13.2 Å². The van der Waals surface area contributed by atoms with E-state index in [-0.39, 0.29) is 84.9 Å². The Hall–Kier alpha value is -8.36. The minimum Gasteiger partial charge on any atom is -0.463 e. The molecule has 70 heavy (non-hydrogen) atoms. The molecule has 4 aromatic rings. The standard InChI is InChI=1S/C50H46O20/c1-3-41(51)59-25-5-7-27-61-49(57)67-37-21-13-31(14-22-37)45(53)65-35-17-9-33(10-18-35)47(55)69-39-29-63-44-40(30-64-43(39)44)70-48(56)34-11-19-36(20-12-34)66-46(54)32-15-23-38(24-16-32)68-50(58)62-28-8-6-26-60-42(52)4-2/h3-4,9-24,39-40,43-44H,1-2,5-8,25-30H2/t39-,40+,43-,44-/m0/s1. The molecule has 2 fully saturated rings. The van der Waals surface area contributed by atoms with Crippen LogP contribution in [-0.2, 0) is 47.5 Å². The van der Waals surface area contributed by atoms with Crippen molar-refractivity contribution >= 4 is 48.1 Å². The van der Waals surface area contributed by atoms with Crippen molar-refractivity contribution in [3.63, 3.8) is 0 Å². The highest BCUT2D eigenvalue weighted by atomic mass is 16.7. The van der Waals surface area contributed by atoms with Gasteiger partial charge in [-0.15, -0.1) is 0 Å². The summed E-state index contributed by atoms with van der Waals surface area (Å²) in [6.45, 7) is 6.98. The summed E-state index contributed by atoms with van der Waals surface area (Å²) in [6, 6.07) is 22.4. The summed E-state index contributed by atoms with van der Waals surface area (Å²) < 4.78 is 63.7. The van der Waals surface area contributed by atoms with Gasteiger partial charge in [0.1, 0.15) is 35.2 Å². The van der Waals surface area contributed by atoms with Gasteiger partial charge in [0.05, 0.1) is 61.9 Å². The second kappa shape index (κ2) is 25.7. The van der Waals surface area contributed by atoms with E-state index in [0.29, 0.717) is 25.7 Å². The molecule has 0 aliphatic carbocycles. The monoisotopic (exact) mass is 966 g/mol. The lowest BCUT2D eigenvalue weighted by Gasteiger charge is -2.17. The Morgan fingerprint density at radius 1 is 0.414 bits per heavy atom. The lowest BCUT2D eigenvalue weighted by Crippen LogP contribution is -2.36. The number of fused-ring (bicyclic) bond motifs is 1. The maximum absolute atomic E-state index is 13.1. The van der Waals surface area contributed by atoms with Gasteiger partial charge >= 0.3 is 48.1 Å². The molecule has 20 nitrogen and oxygen atoms in total. The first-order valence-corrected chi connectivity index (χ1v) is 21.7. The van der Waals surface area contributed by atoms with Crippen LogP contribution in [0.25, 0.3) is 0 Å². The molecule has 366 valence electrons. The maximum Gasteiger partial charge on any atom is 0.513 e. The fourth-order valence-corrected chi connectivity index (χ4v) is 6.44. The average molecular weight is 967 g/mol. The Morgan fingerprint density at radius 2 is 0.700 bits per heavy atom. The number of esters is 6. The molecule has 2 heterocycles. The molecule has 2 aliphatic rings. The highest BCUT2D eigenvalue weighted by Gasteiger charge is 2.51. The summed E-state index contributed by atoms with van der Waals surface area (Å²) in [5.74, 6) is -3.35. The SMILES string of the molecule is C=CC(=O)OCCCCOC(=O)Oc1ccc(C(=O)Oc2ccc(C(=O)O[C@H]3CO[C@@H]4[C@H]3OC[C@H]4OC(=O)c3ccc(OC(=O)c4ccc(OC(=O)OCCCCOC(=O)C=C)cc4)cc3)cc2)cc1. The first-order valence-electron chi connectivity index (χ1n) is 21.7. The van der Waals surface area contributed by atoms with Crippen LogP contribution in [0.4, 0.5) is 9.59 Å². The number of carbonyl (C=O) groups is 8. The van der Waals surface area contributed by atoms with Crippen LogP contribution in [0.3, 0.4) is 0 Å². The number of benzene rings is 4. The molecule has 0 aromatic heterocycles. The molecule has 0 radical (unpaired) electrons. The van der Waals surface area contributed by atoms with Gasteiger partial charge in [0.2, 0.25) is 0 Å². The number of hydrogen-bond acceptors (Lipinski definition) is 20. The second-order valence-electron chi connectivity index (χ2n) is 14.9. The van der Waals surface area contributed by atoms with Gasteiger partial charge in [0.15, 0.2) is 12.2 Å². The van der Waals surface area contributed by atoms with E-state index >= 15 is 0 Å². The number of hydrogen-bond donors (Lipinski definition) is 0. The highest BCUT2D eigenvalue weighted by molar-refractivity contribution is 5.93. The number of rotatable bonds is 22. The second-order valence-corrected chi connectivity index (χ2v) is 14.9. The fraction of sp³-hybridized carbons (Fsp3) is 0.280. The van der Waals surface area contributed by atoms with E-state index in [1.54, 1.807) is 0 Å². The molecule has 2 aliphatic heterocycles. The zero-order chi connectivity index (χ0) is 49.8. The van der Waals surface area contributed by atoms with Crippen LogP contribution < -0.4 is 18.9 Å². The van der Waals surface area contributed by atoms with E-state index in [9.17, 15) is 38.4 Å². The summed E-state index contributed by atoms with van der Waals surface area (Å²) >= 11 is 0. The van der Waals surface area contributed by atoms with Gasteiger partial charge in [-0.25, -0.2) is 38.4 Å². The molecule has 0 unspecified atom stereocenters. The van der Waals surface area contributed by atoms with Crippen LogP contribution in [0.5, 0.6) is 23.0 Å². The topological polar surface area (TPSA) is 247 Å². The Labute approximate surface area is 399 Å². The third kappa shape index (κ3) is 15.3. The average Bonchev–Trinajstić information content (AvgIpc) is 3.96. The van der Waals surface area contributed by atoms with Crippen LogP contribution in [0.2, 0.25) is 0 Å². The minimum atomic E-state index is -0.945. The molecule has 0 spiro atoms. The van der Waals surface area contributed by atoms with Gasteiger partial charge < -0.3 is 56.8 Å². The van der Waals surface area contributed by atoms with E-state index in [4.69, 9.17) is 56.8 Å². The lowest BCUT2D eigenvalue weighted by atomic mass is 10.1. The van der Waals surface area contributed by atoms with E-state index in [1.807, 2.05) is 0 Å². The summed E-state index contributed by atoms with van der Waals surface area (Å²) in [4.78, 5) is 97.6. The van der Waals surface area contributed by atoms with E-state index in [1.165, 1.54) is 97.1 Å². The van der Waals surface area contributed by atoms with Crippen molar-refractivity contribution in [1.29, 1.82) is 0 Å². The smallest absolute Gasteiger partial charge is 0.463 e. The minimum absolute atomic E-state index is 0.0198. The van der Waals surface area contributed by atoms with Crippen LogP contribution in [0.15, 0.2) is 122 Å². The number of ether oxygens (including phenoxy) is 12. The third-order valence-corrected chi connectivity index (χ3v) is 10.0. The highest BCUT2D eigenvalue weighted by Crippen LogP contribution is 2.32. The first kappa shape index (κ1) is 51.0. The molecular weight excluding hydrogens is 921 g/mol. The Bertz CT molecular complexity index is 2320. The molecular formula is C50H46O20. The molecule has 0 N–H and O–H groups in total. The van der Waals surface area contributed by atoms with Crippen LogP contribution in [-0.4, -0.2) is 112 Å².